The minimum Gasteiger partial charge on any atom is -0.397 e. The molecule has 0 spiro atoms. The molecule has 4 heterocycles. The predicted molar refractivity (Wildman–Crippen MR) is 97.9 cm³/mol. The van der Waals surface area contributed by atoms with Crippen LogP contribution in [0.3, 0.4) is 0 Å². The standard InChI is InChI=1S/C15H23N7O4S/c16-9-1-3-19-14-13(9)20-7-22(14)15-12(18)11(17)10(26-15)2-4-27(23,24)21-8-5-25-6-8/h1,3,7-8,10-12,15,21H,2,4-6,17-18H2,(H2,16,19)/t10-,11-,12-,15-/m1/s1. The molecule has 2 saturated heterocycles. The highest BCUT2D eigenvalue weighted by molar-refractivity contribution is 7.89. The van der Waals surface area contributed by atoms with Gasteiger partial charge in [0.2, 0.25) is 10.0 Å². The third-order valence-electron chi connectivity index (χ3n) is 4.94. The lowest BCUT2D eigenvalue weighted by atomic mass is 10.0. The first-order chi connectivity index (χ1) is 12.9. The van der Waals surface area contributed by atoms with Gasteiger partial charge in [-0.1, -0.05) is 0 Å². The van der Waals surface area contributed by atoms with Crippen LogP contribution in [0.1, 0.15) is 12.6 Å². The molecule has 0 unspecified atom stereocenters. The fraction of sp³-hybridized carbons (Fsp3) is 0.600. The molecule has 2 aliphatic heterocycles. The smallest absolute Gasteiger partial charge is 0.212 e. The average Bonchev–Trinajstić information content (AvgIpc) is 3.13. The minimum absolute atomic E-state index is 0.100. The Kier molecular flexibility index (Phi) is 4.78. The predicted octanol–water partition coefficient (Wildman–Crippen LogP) is -1.73. The summed E-state index contributed by atoms with van der Waals surface area (Å²) in [6, 6.07) is 0.452. The molecule has 7 N–H and O–H groups in total. The van der Waals surface area contributed by atoms with Gasteiger partial charge in [-0.25, -0.2) is 23.1 Å². The second-order valence-electron chi connectivity index (χ2n) is 6.90. The van der Waals surface area contributed by atoms with E-state index in [1.54, 1.807) is 23.2 Å². The number of imidazole rings is 1. The van der Waals surface area contributed by atoms with Crippen LogP contribution in [0.25, 0.3) is 11.2 Å². The molecule has 4 rings (SSSR count). The van der Waals surface area contributed by atoms with Crippen molar-refractivity contribution < 1.29 is 17.9 Å². The third kappa shape index (κ3) is 3.51. The van der Waals surface area contributed by atoms with E-state index in [1.165, 1.54) is 0 Å². The zero-order chi connectivity index (χ0) is 19.2. The Balaban J connectivity index is 1.46. The molecule has 4 atom stereocenters. The molecule has 2 aromatic heterocycles. The van der Waals surface area contributed by atoms with Gasteiger partial charge in [0, 0.05) is 6.20 Å². The van der Waals surface area contributed by atoms with Gasteiger partial charge in [-0.2, -0.15) is 0 Å². The van der Waals surface area contributed by atoms with E-state index in [1.807, 2.05) is 0 Å². The molecule has 2 aliphatic rings. The van der Waals surface area contributed by atoms with Crippen molar-refractivity contribution in [2.24, 2.45) is 11.5 Å². The van der Waals surface area contributed by atoms with Gasteiger partial charge >= 0.3 is 0 Å². The Hall–Kier alpha value is -1.83. The minimum atomic E-state index is -3.44. The number of sulfonamides is 1. The summed E-state index contributed by atoms with van der Waals surface area (Å²) >= 11 is 0. The maximum atomic E-state index is 12.2. The normalized spacial score (nSPS) is 29.3. The number of ether oxygens (including phenoxy) is 2. The van der Waals surface area contributed by atoms with E-state index in [0.29, 0.717) is 30.1 Å². The monoisotopic (exact) mass is 397 g/mol. The van der Waals surface area contributed by atoms with E-state index >= 15 is 0 Å². The van der Waals surface area contributed by atoms with E-state index in [2.05, 4.69) is 14.7 Å². The number of nitrogen functional groups attached to an aromatic ring is 1. The summed E-state index contributed by atoms with van der Waals surface area (Å²) in [7, 11) is -3.44. The molecule has 0 saturated carbocycles. The van der Waals surface area contributed by atoms with Gasteiger partial charge in [0.05, 0.1) is 55.2 Å². The number of fused-ring (bicyclic) bond motifs is 1. The fourth-order valence-electron chi connectivity index (χ4n) is 3.34. The second-order valence-corrected chi connectivity index (χ2v) is 8.78. The van der Waals surface area contributed by atoms with Crippen LogP contribution < -0.4 is 21.9 Å². The molecule has 12 heteroatoms. The third-order valence-corrected chi connectivity index (χ3v) is 6.40. The molecule has 0 amide bonds. The molecular weight excluding hydrogens is 374 g/mol. The van der Waals surface area contributed by atoms with Gasteiger partial charge in [-0.05, 0) is 12.5 Å². The molecule has 148 valence electrons. The summed E-state index contributed by atoms with van der Waals surface area (Å²) in [5.74, 6) is -0.100. The molecule has 0 radical (unpaired) electrons. The first-order valence-electron chi connectivity index (χ1n) is 8.67. The fourth-order valence-corrected chi connectivity index (χ4v) is 4.64. The van der Waals surface area contributed by atoms with Gasteiger partial charge in [0.15, 0.2) is 11.9 Å². The van der Waals surface area contributed by atoms with Crippen LogP contribution in [0.2, 0.25) is 0 Å². The molecule has 0 aromatic carbocycles. The first-order valence-corrected chi connectivity index (χ1v) is 10.3. The number of hydrogen-bond acceptors (Lipinski definition) is 9. The van der Waals surface area contributed by atoms with E-state index in [-0.39, 0.29) is 18.2 Å². The summed E-state index contributed by atoms with van der Waals surface area (Å²) in [5.41, 5.74) is 20.0. The molecule has 0 aliphatic carbocycles. The Labute approximate surface area is 156 Å². The van der Waals surface area contributed by atoms with Crippen molar-refractivity contribution in [3.05, 3.63) is 18.6 Å². The van der Waals surface area contributed by atoms with Gasteiger partial charge in [-0.15, -0.1) is 0 Å². The van der Waals surface area contributed by atoms with Gasteiger partial charge < -0.3 is 26.7 Å². The number of rotatable bonds is 6. The lowest BCUT2D eigenvalue weighted by Gasteiger charge is -2.26. The van der Waals surface area contributed by atoms with Crippen molar-refractivity contribution in [3.8, 4) is 0 Å². The van der Waals surface area contributed by atoms with Crippen molar-refractivity contribution in [1.29, 1.82) is 0 Å². The number of pyridine rings is 1. The highest BCUT2D eigenvalue weighted by atomic mass is 32.2. The van der Waals surface area contributed by atoms with E-state index in [9.17, 15) is 8.42 Å². The molecule has 2 aromatic rings. The first kappa shape index (κ1) is 18.5. The lowest BCUT2D eigenvalue weighted by Crippen LogP contribution is -2.50. The topological polar surface area (TPSA) is 173 Å². The molecular formula is C15H23N7O4S. The van der Waals surface area contributed by atoms with Crippen LogP contribution in [-0.4, -0.2) is 66.1 Å². The Morgan fingerprint density at radius 2 is 2.04 bits per heavy atom. The van der Waals surface area contributed by atoms with Crippen LogP contribution in [0, 0.1) is 0 Å². The maximum Gasteiger partial charge on any atom is 0.212 e. The van der Waals surface area contributed by atoms with Crippen LogP contribution in [0.5, 0.6) is 0 Å². The molecule has 0 bridgehead atoms. The summed E-state index contributed by atoms with van der Waals surface area (Å²) in [6.07, 6.45) is 2.27. The van der Waals surface area contributed by atoms with Crippen molar-refractivity contribution in [2.45, 2.75) is 36.9 Å². The van der Waals surface area contributed by atoms with Gasteiger partial charge in [0.25, 0.3) is 0 Å². The van der Waals surface area contributed by atoms with E-state index < -0.39 is 34.4 Å². The number of nitrogens with one attached hydrogen (secondary N) is 1. The quantitative estimate of drug-likeness (QED) is 0.442. The summed E-state index contributed by atoms with van der Waals surface area (Å²) in [6.45, 7) is 0.797. The zero-order valence-corrected chi connectivity index (χ0v) is 15.4. The maximum absolute atomic E-state index is 12.2. The van der Waals surface area contributed by atoms with Crippen molar-refractivity contribution in [2.75, 3.05) is 24.7 Å². The van der Waals surface area contributed by atoms with Crippen LogP contribution >= 0.6 is 0 Å². The number of anilines is 1. The van der Waals surface area contributed by atoms with Crippen molar-refractivity contribution >= 4 is 26.9 Å². The summed E-state index contributed by atoms with van der Waals surface area (Å²) in [4.78, 5) is 8.55. The average molecular weight is 397 g/mol. The van der Waals surface area contributed by atoms with Gasteiger partial charge in [0.1, 0.15) is 5.52 Å². The lowest BCUT2D eigenvalue weighted by molar-refractivity contribution is -0.00346. The van der Waals surface area contributed by atoms with Crippen LogP contribution in [-0.2, 0) is 19.5 Å². The zero-order valence-electron chi connectivity index (χ0n) is 14.6. The Morgan fingerprint density at radius 1 is 1.26 bits per heavy atom. The molecule has 2 fully saturated rings. The van der Waals surface area contributed by atoms with Crippen molar-refractivity contribution in [3.63, 3.8) is 0 Å². The number of nitrogens with two attached hydrogens (primary N) is 3. The molecule has 27 heavy (non-hydrogen) atoms. The highest BCUT2D eigenvalue weighted by Crippen LogP contribution is 2.31. The number of aromatic nitrogens is 3. The summed E-state index contributed by atoms with van der Waals surface area (Å²) < 4.78 is 39.6. The highest BCUT2D eigenvalue weighted by Gasteiger charge is 2.42. The van der Waals surface area contributed by atoms with Crippen LogP contribution in [0.15, 0.2) is 18.6 Å². The van der Waals surface area contributed by atoms with Gasteiger partial charge in [-0.3, -0.25) is 4.57 Å². The van der Waals surface area contributed by atoms with E-state index in [0.717, 1.165) is 0 Å². The SMILES string of the molecule is Nc1ccnc2c1ncn2[C@@H]1O[C@H](CCS(=O)(=O)NC2COC2)[C@@H](N)[C@H]1N. The number of hydrogen-bond donors (Lipinski definition) is 4. The molecule has 11 nitrogen and oxygen atoms in total. The largest absolute Gasteiger partial charge is 0.397 e. The van der Waals surface area contributed by atoms with Crippen LogP contribution in [0.4, 0.5) is 5.69 Å². The summed E-state index contributed by atoms with van der Waals surface area (Å²) in [5, 5.41) is 0. The Bertz CT molecular complexity index is 929. The Morgan fingerprint density at radius 3 is 2.74 bits per heavy atom. The van der Waals surface area contributed by atoms with E-state index in [4.69, 9.17) is 26.7 Å². The van der Waals surface area contributed by atoms with Crippen molar-refractivity contribution in [1.82, 2.24) is 19.3 Å². The second kappa shape index (κ2) is 6.96. The number of nitrogens with zero attached hydrogens (tertiary/aromatic N) is 3.